The minimum Gasteiger partial charge on any atom is -0.460 e. The summed E-state index contributed by atoms with van der Waals surface area (Å²) in [5.41, 5.74) is 2.51. The van der Waals surface area contributed by atoms with Gasteiger partial charge in [0.15, 0.2) is 11.6 Å². The fourth-order valence-electron chi connectivity index (χ4n) is 4.42. The van der Waals surface area contributed by atoms with Gasteiger partial charge in [-0.05, 0) is 24.3 Å². The zero-order valence-corrected chi connectivity index (χ0v) is 18.5. The number of nitrogens with one attached hydrogen (secondary N) is 2. The smallest absolute Gasteiger partial charge is 0.309 e. The van der Waals surface area contributed by atoms with E-state index in [1.807, 2.05) is 12.1 Å². The van der Waals surface area contributed by atoms with Crippen LogP contribution in [-0.2, 0) is 25.6 Å². The van der Waals surface area contributed by atoms with Gasteiger partial charge in [-0.2, -0.15) is 10.2 Å². The van der Waals surface area contributed by atoms with Gasteiger partial charge in [0.1, 0.15) is 17.7 Å². The molecule has 1 aliphatic carbocycles. The average Bonchev–Trinajstić information content (AvgIpc) is 3.47. The van der Waals surface area contributed by atoms with Crippen molar-refractivity contribution < 1.29 is 19.0 Å². The summed E-state index contributed by atoms with van der Waals surface area (Å²) in [7, 11) is 1.64. The van der Waals surface area contributed by atoms with Crippen molar-refractivity contribution in [1.29, 1.82) is 0 Å². The molecule has 5 rings (SSSR count). The number of aromatic amines is 1. The van der Waals surface area contributed by atoms with E-state index in [1.165, 1.54) is 0 Å². The summed E-state index contributed by atoms with van der Waals surface area (Å²) in [6.07, 6.45) is 5.61. The van der Waals surface area contributed by atoms with Gasteiger partial charge < -0.3 is 19.5 Å². The van der Waals surface area contributed by atoms with Crippen molar-refractivity contribution in [3.63, 3.8) is 0 Å². The Balaban J connectivity index is 1.22. The number of aromatic nitrogens is 5. The highest BCUT2D eigenvalue weighted by Crippen LogP contribution is 2.47. The maximum Gasteiger partial charge on any atom is 0.309 e. The van der Waals surface area contributed by atoms with Crippen molar-refractivity contribution >= 4 is 23.1 Å². The molecule has 3 aromatic heterocycles. The zero-order chi connectivity index (χ0) is 22.3. The number of rotatable bonds is 7. The lowest BCUT2D eigenvalue weighted by atomic mass is 9.62. The summed E-state index contributed by atoms with van der Waals surface area (Å²) in [5, 5.41) is 15.1. The fourth-order valence-corrected chi connectivity index (χ4v) is 4.42. The molecule has 10 heteroatoms. The maximum absolute atomic E-state index is 12.5. The summed E-state index contributed by atoms with van der Waals surface area (Å²) >= 11 is 0. The van der Waals surface area contributed by atoms with Crippen LogP contribution in [0.5, 0.6) is 0 Å². The van der Waals surface area contributed by atoms with Crippen molar-refractivity contribution in [2.24, 2.45) is 11.3 Å². The number of methoxy groups -OCH3 is 1. The van der Waals surface area contributed by atoms with E-state index < -0.39 is 0 Å². The van der Waals surface area contributed by atoms with Gasteiger partial charge in [-0.25, -0.2) is 9.50 Å². The Bertz CT molecular complexity index is 1120. The Hall–Kier alpha value is -2.98. The van der Waals surface area contributed by atoms with E-state index in [0.29, 0.717) is 31.3 Å². The van der Waals surface area contributed by atoms with Crippen molar-refractivity contribution in [3.05, 3.63) is 35.9 Å². The quantitative estimate of drug-likeness (QED) is 0.538. The molecule has 3 aromatic rings. The topological polar surface area (TPSA) is 116 Å². The molecule has 0 amide bonds. The molecule has 32 heavy (non-hydrogen) atoms. The number of carbonyl (C=O) groups excluding carboxylic acids is 1. The van der Waals surface area contributed by atoms with Crippen molar-refractivity contribution in [1.82, 2.24) is 24.8 Å². The number of ether oxygens (including phenoxy) is 3. The first-order chi connectivity index (χ1) is 15.4. The number of hydrogen-bond acceptors (Lipinski definition) is 8. The Kier molecular flexibility index (Phi) is 5.34. The van der Waals surface area contributed by atoms with Crippen LogP contribution in [0.2, 0.25) is 0 Å². The van der Waals surface area contributed by atoms with Crippen LogP contribution >= 0.6 is 0 Å². The van der Waals surface area contributed by atoms with Crippen LogP contribution in [0.25, 0.3) is 5.52 Å². The number of carbonyl (C=O) groups is 1. The van der Waals surface area contributed by atoms with Crippen LogP contribution in [0.3, 0.4) is 0 Å². The molecule has 0 radical (unpaired) electrons. The molecule has 1 saturated carbocycles. The van der Waals surface area contributed by atoms with Gasteiger partial charge in [0.2, 0.25) is 0 Å². The molecule has 0 aromatic carbocycles. The second-order valence-electron chi connectivity index (χ2n) is 9.20. The van der Waals surface area contributed by atoms with Crippen molar-refractivity contribution in [2.45, 2.75) is 51.9 Å². The minimum absolute atomic E-state index is 0.00679. The Labute approximate surface area is 185 Å². The molecule has 0 spiro atoms. The van der Waals surface area contributed by atoms with Gasteiger partial charge in [0.05, 0.1) is 30.5 Å². The highest BCUT2D eigenvalue weighted by molar-refractivity contribution is 5.75. The van der Waals surface area contributed by atoms with E-state index in [2.05, 4.69) is 39.4 Å². The highest BCUT2D eigenvalue weighted by atomic mass is 16.6. The maximum atomic E-state index is 12.5. The SMILES string of the molecule is COCc1cc2c(Nc3cc([C@H]4C[C@@H](OC(=O)C5CCC5(C)C)CO4)[nH]n3)nccn2n1. The minimum atomic E-state index is -0.231. The molecule has 3 atom stereocenters. The third-order valence-electron chi connectivity index (χ3n) is 6.47. The molecule has 4 heterocycles. The van der Waals surface area contributed by atoms with E-state index in [1.54, 1.807) is 24.0 Å². The van der Waals surface area contributed by atoms with Gasteiger partial charge >= 0.3 is 5.97 Å². The highest BCUT2D eigenvalue weighted by Gasteiger charge is 2.45. The molecular formula is C22H28N6O4. The molecule has 170 valence electrons. The molecule has 2 N–H and O–H groups in total. The van der Waals surface area contributed by atoms with Crippen molar-refractivity contribution in [3.8, 4) is 0 Å². The van der Waals surface area contributed by atoms with Gasteiger partial charge in [-0.3, -0.25) is 9.89 Å². The molecule has 1 aliphatic heterocycles. The number of anilines is 2. The number of nitrogens with zero attached hydrogens (tertiary/aromatic N) is 4. The van der Waals surface area contributed by atoms with Gasteiger partial charge in [0.25, 0.3) is 0 Å². The predicted molar refractivity (Wildman–Crippen MR) is 115 cm³/mol. The fraction of sp³-hybridized carbons (Fsp3) is 0.545. The third-order valence-corrected chi connectivity index (χ3v) is 6.47. The number of fused-ring (bicyclic) bond motifs is 1. The molecule has 10 nitrogen and oxygen atoms in total. The van der Waals surface area contributed by atoms with E-state index in [4.69, 9.17) is 14.2 Å². The first-order valence-corrected chi connectivity index (χ1v) is 10.9. The normalized spacial score (nSPS) is 24.4. The van der Waals surface area contributed by atoms with E-state index in [-0.39, 0.29) is 29.5 Å². The monoisotopic (exact) mass is 440 g/mol. The Morgan fingerprint density at radius 3 is 3.03 bits per heavy atom. The van der Waals surface area contributed by atoms with E-state index in [0.717, 1.165) is 29.7 Å². The molecule has 1 saturated heterocycles. The third kappa shape index (κ3) is 3.95. The largest absolute Gasteiger partial charge is 0.460 e. The van der Waals surface area contributed by atoms with Crippen LogP contribution in [0, 0.1) is 11.3 Å². The van der Waals surface area contributed by atoms with Crippen LogP contribution in [-0.4, -0.2) is 50.6 Å². The first-order valence-electron chi connectivity index (χ1n) is 10.9. The lowest BCUT2D eigenvalue weighted by Crippen LogP contribution is -2.42. The van der Waals surface area contributed by atoms with E-state index >= 15 is 0 Å². The summed E-state index contributed by atoms with van der Waals surface area (Å²) in [6, 6.07) is 3.82. The summed E-state index contributed by atoms with van der Waals surface area (Å²) in [5.74, 6) is 1.15. The Morgan fingerprint density at radius 1 is 1.41 bits per heavy atom. The van der Waals surface area contributed by atoms with E-state index in [9.17, 15) is 4.79 Å². The zero-order valence-electron chi connectivity index (χ0n) is 18.5. The van der Waals surface area contributed by atoms with Gasteiger partial charge in [-0.15, -0.1) is 0 Å². The van der Waals surface area contributed by atoms with Crippen LogP contribution in [0.15, 0.2) is 24.5 Å². The predicted octanol–water partition coefficient (Wildman–Crippen LogP) is 3.15. The lowest BCUT2D eigenvalue weighted by Gasteiger charge is -2.42. The number of hydrogen-bond donors (Lipinski definition) is 2. The number of esters is 1. The van der Waals surface area contributed by atoms with Crippen LogP contribution in [0.4, 0.5) is 11.6 Å². The standard InChI is InChI=1S/C22H28N6O4/c1-22(2)5-4-15(22)21(29)32-14-9-18(31-12-14)16-10-19(26-25-16)24-20-17-8-13(11-30-3)27-28(17)7-6-23-20/h6-8,10,14-15,18H,4-5,9,11-12H2,1-3H3,(H2,23,24,25,26)/t14-,15?,18-/m1/s1. The molecule has 0 bridgehead atoms. The molecule has 2 fully saturated rings. The number of H-pyrrole nitrogens is 1. The summed E-state index contributed by atoms with van der Waals surface area (Å²) in [4.78, 5) is 16.9. The first kappa shape index (κ1) is 20.9. The molecular weight excluding hydrogens is 412 g/mol. The van der Waals surface area contributed by atoms with Crippen LogP contribution in [0.1, 0.15) is 50.6 Å². The Morgan fingerprint density at radius 2 is 2.28 bits per heavy atom. The van der Waals surface area contributed by atoms with Gasteiger partial charge in [0, 0.05) is 32.0 Å². The average molecular weight is 441 g/mol. The second-order valence-corrected chi connectivity index (χ2v) is 9.20. The molecule has 1 unspecified atom stereocenters. The molecule has 2 aliphatic rings. The summed E-state index contributed by atoms with van der Waals surface area (Å²) in [6.45, 7) is 5.06. The van der Waals surface area contributed by atoms with Crippen molar-refractivity contribution in [2.75, 3.05) is 19.0 Å². The second kappa shape index (κ2) is 8.18. The lowest BCUT2D eigenvalue weighted by molar-refractivity contribution is -0.164. The summed E-state index contributed by atoms with van der Waals surface area (Å²) < 4.78 is 18.5. The van der Waals surface area contributed by atoms with Crippen LogP contribution < -0.4 is 5.32 Å². The van der Waals surface area contributed by atoms with Gasteiger partial charge in [-0.1, -0.05) is 13.8 Å².